The molecule has 1 aliphatic carbocycles. The van der Waals surface area contributed by atoms with Crippen molar-refractivity contribution in [1.29, 1.82) is 5.26 Å². The van der Waals surface area contributed by atoms with Crippen LogP contribution in [0.4, 0.5) is 5.69 Å². The average Bonchev–Trinajstić information content (AvgIpc) is 2.96. The Morgan fingerprint density at radius 1 is 1.43 bits per heavy atom. The zero-order chi connectivity index (χ0) is 15.2. The Labute approximate surface area is 124 Å². The molecule has 1 saturated carbocycles. The molecule has 0 heterocycles. The zero-order valence-corrected chi connectivity index (χ0v) is 12.0. The van der Waals surface area contributed by atoms with Gasteiger partial charge >= 0.3 is 0 Å². The standard InChI is InChI=1S/C16H19N3O2/c1-11-8-14(20)6-7-15(11)19-16(21)12(9-17)10-18-13-4-2-3-5-13/h6-8,10,13,18,20H,2-5H2,1H3,(H,19,21)/b12-10-. The summed E-state index contributed by atoms with van der Waals surface area (Å²) in [6, 6.07) is 6.94. The van der Waals surface area contributed by atoms with E-state index >= 15 is 0 Å². The normalized spacial score (nSPS) is 15.5. The van der Waals surface area contributed by atoms with Crippen molar-refractivity contribution in [1.82, 2.24) is 5.32 Å². The third-order valence-corrected chi connectivity index (χ3v) is 3.64. The van der Waals surface area contributed by atoms with E-state index in [0.717, 1.165) is 18.4 Å². The van der Waals surface area contributed by atoms with Gasteiger partial charge in [0.1, 0.15) is 17.4 Å². The number of nitrogens with zero attached hydrogens (tertiary/aromatic N) is 1. The van der Waals surface area contributed by atoms with Gasteiger partial charge in [-0.05, 0) is 43.5 Å². The highest BCUT2D eigenvalue weighted by molar-refractivity contribution is 6.06. The summed E-state index contributed by atoms with van der Waals surface area (Å²) in [6.07, 6.45) is 6.03. The molecule has 1 aliphatic rings. The van der Waals surface area contributed by atoms with Gasteiger partial charge in [-0.1, -0.05) is 12.8 Å². The molecule has 1 fully saturated rings. The van der Waals surface area contributed by atoms with Crippen molar-refractivity contribution in [3.8, 4) is 11.8 Å². The van der Waals surface area contributed by atoms with Gasteiger partial charge in [-0.25, -0.2) is 0 Å². The summed E-state index contributed by atoms with van der Waals surface area (Å²) in [5.41, 5.74) is 1.37. The van der Waals surface area contributed by atoms with Crippen LogP contribution in [0, 0.1) is 18.3 Å². The number of carbonyl (C=O) groups excluding carboxylic acids is 1. The highest BCUT2D eigenvalue weighted by atomic mass is 16.3. The second-order valence-corrected chi connectivity index (χ2v) is 5.27. The van der Waals surface area contributed by atoms with E-state index in [9.17, 15) is 9.90 Å². The minimum atomic E-state index is -0.447. The van der Waals surface area contributed by atoms with Crippen LogP contribution in [0.25, 0.3) is 0 Å². The van der Waals surface area contributed by atoms with Crippen molar-refractivity contribution in [2.24, 2.45) is 0 Å². The molecule has 5 nitrogen and oxygen atoms in total. The van der Waals surface area contributed by atoms with Crippen molar-refractivity contribution < 1.29 is 9.90 Å². The highest BCUT2D eigenvalue weighted by Gasteiger charge is 2.15. The number of amides is 1. The number of rotatable bonds is 4. The Hall–Kier alpha value is -2.48. The number of aromatic hydroxyl groups is 1. The molecule has 2 rings (SSSR count). The molecule has 0 aliphatic heterocycles. The van der Waals surface area contributed by atoms with Crippen molar-refractivity contribution in [3.05, 3.63) is 35.5 Å². The van der Waals surface area contributed by atoms with Crippen LogP contribution in [-0.2, 0) is 4.79 Å². The quantitative estimate of drug-likeness (QED) is 0.451. The van der Waals surface area contributed by atoms with Crippen LogP contribution in [-0.4, -0.2) is 17.1 Å². The summed E-state index contributed by atoms with van der Waals surface area (Å²) in [4.78, 5) is 12.1. The summed E-state index contributed by atoms with van der Waals surface area (Å²) in [6.45, 7) is 1.78. The highest BCUT2D eigenvalue weighted by Crippen LogP contribution is 2.21. The molecule has 1 aromatic rings. The van der Waals surface area contributed by atoms with E-state index in [1.807, 2.05) is 6.07 Å². The van der Waals surface area contributed by atoms with Crippen LogP contribution in [0.5, 0.6) is 5.75 Å². The Morgan fingerprint density at radius 2 is 2.14 bits per heavy atom. The number of benzene rings is 1. The maximum absolute atomic E-state index is 12.1. The van der Waals surface area contributed by atoms with E-state index < -0.39 is 5.91 Å². The molecule has 21 heavy (non-hydrogen) atoms. The molecular weight excluding hydrogens is 266 g/mol. The van der Waals surface area contributed by atoms with Crippen LogP contribution in [0.15, 0.2) is 30.0 Å². The van der Waals surface area contributed by atoms with E-state index in [1.54, 1.807) is 19.1 Å². The van der Waals surface area contributed by atoms with Gasteiger partial charge < -0.3 is 15.7 Å². The Morgan fingerprint density at radius 3 is 2.76 bits per heavy atom. The van der Waals surface area contributed by atoms with Crippen LogP contribution in [0.3, 0.4) is 0 Å². The smallest absolute Gasteiger partial charge is 0.267 e. The molecule has 0 atom stereocenters. The summed E-state index contributed by atoms with van der Waals surface area (Å²) in [5, 5.41) is 24.3. The third-order valence-electron chi connectivity index (χ3n) is 3.64. The summed E-state index contributed by atoms with van der Waals surface area (Å²) in [7, 11) is 0. The SMILES string of the molecule is Cc1cc(O)ccc1NC(=O)/C(C#N)=C\NC1CCCC1. The molecule has 0 radical (unpaired) electrons. The van der Waals surface area contributed by atoms with Crippen molar-refractivity contribution in [2.45, 2.75) is 38.6 Å². The van der Waals surface area contributed by atoms with Crippen LogP contribution in [0.2, 0.25) is 0 Å². The van der Waals surface area contributed by atoms with E-state index in [4.69, 9.17) is 5.26 Å². The summed E-state index contributed by atoms with van der Waals surface area (Å²) < 4.78 is 0. The molecule has 1 amide bonds. The number of anilines is 1. The second-order valence-electron chi connectivity index (χ2n) is 5.27. The molecule has 110 valence electrons. The maximum Gasteiger partial charge on any atom is 0.267 e. The van der Waals surface area contributed by atoms with Crippen molar-refractivity contribution in [2.75, 3.05) is 5.32 Å². The summed E-state index contributed by atoms with van der Waals surface area (Å²) in [5.74, 6) is -0.304. The lowest BCUT2D eigenvalue weighted by atomic mass is 10.1. The predicted molar refractivity (Wildman–Crippen MR) is 80.6 cm³/mol. The number of hydrogen-bond donors (Lipinski definition) is 3. The fourth-order valence-electron chi connectivity index (χ4n) is 2.42. The lowest BCUT2D eigenvalue weighted by Crippen LogP contribution is -2.23. The number of phenols is 1. The summed E-state index contributed by atoms with van der Waals surface area (Å²) >= 11 is 0. The van der Waals surface area contributed by atoms with Gasteiger partial charge in [-0.15, -0.1) is 0 Å². The second kappa shape index (κ2) is 6.80. The van der Waals surface area contributed by atoms with Gasteiger partial charge in [0.25, 0.3) is 5.91 Å². The maximum atomic E-state index is 12.1. The number of hydrogen-bond acceptors (Lipinski definition) is 4. The van der Waals surface area contributed by atoms with Gasteiger partial charge in [0.05, 0.1) is 0 Å². The number of phenolic OH excluding ortho intramolecular Hbond substituents is 1. The Kier molecular flexibility index (Phi) is 4.83. The molecule has 0 saturated heterocycles. The van der Waals surface area contributed by atoms with Gasteiger partial charge in [-0.3, -0.25) is 4.79 Å². The lowest BCUT2D eigenvalue weighted by Gasteiger charge is -2.11. The number of nitrogens with one attached hydrogen (secondary N) is 2. The molecule has 0 aromatic heterocycles. The fourth-order valence-corrected chi connectivity index (χ4v) is 2.42. The van der Waals surface area contributed by atoms with Gasteiger partial charge in [-0.2, -0.15) is 5.26 Å². The first-order chi connectivity index (χ1) is 10.1. The van der Waals surface area contributed by atoms with Crippen molar-refractivity contribution >= 4 is 11.6 Å². The lowest BCUT2D eigenvalue weighted by molar-refractivity contribution is -0.112. The number of nitriles is 1. The average molecular weight is 285 g/mol. The first-order valence-corrected chi connectivity index (χ1v) is 7.07. The van der Waals surface area contributed by atoms with E-state index in [1.165, 1.54) is 25.1 Å². The largest absolute Gasteiger partial charge is 0.508 e. The van der Waals surface area contributed by atoms with E-state index in [0.29, 0.717) is 11.7 Å². The van der Waals surface area contributed by atoms with Gasteiger partial charge in [0, 0.05) is 17.9 Å². The van der Waals surface area contributed by atoms with E-state index in [2.05, 4.69) is 10.6 Å². The molecule has 5 heteroatoms. The first-order valence-electron chi connectivity index (χ1n) is 7.07. The topological polar surface area (TPSA) is 85.2 Å². The minimum Gasteiger partial charge on any atom is -0.508 e. The van der Waals surface area contributed by atoms with Crippen LogP contribution >= 0.6 is 0 Å². The molecular formula is C16H19N3O2. The monoisotopic (exact) mass is 285 g/mol. The van der Waals surface area contributed by atoms with Crippen LogP contribution in [0.1, 0.15) is 31.2 Å². The zero-order valence-electron chi connectivity index (χ0n) is 12.0. The Bertz CT molecular complexity index is 596. The first kappa shape index (κ1) is 14.9. The van der Waals surface area contributed by atoms with Crippen molar-refractivity contribution in [3.63, 3.8) is 0 Å². The Balaban J connectivity index is 2.02. The van der Waals surface area contributed by atoms with E-state index in [-0.39, 0.29) is 11.3 Å². The fraction of sp³-hybridized carbons (Fsp3) is 0.375. The van der Waals surface area contributed by atoms with Gasteiger partial charge in [0.2, 0.25) is 0 Å². The molecule has 0 unspecified atom stereocenters. The van der Waals surface area contributed by atoms with Gasteiger partial charge in [0.15, 0.2) is 0 Å². The number of carbonyl (C=O) groups is 1. The third kappa shape index (κ3) is 3.99. The molecule has 1 aromatic carbocycles. The number of aryl methyl sites for hydroxylation is 1. The molecule has 0 bridgehead atoms. The molecule has 3 N–H and O–H groups in total. The van der Waals surface area contributed by atoms with Crippen LogP contribution < -0.4 is 10.6 Å². The predicted octanol–water partition coefficient (Wildman–Crippen LogP) is 2.58. The minimum absolute atomic E-state index is 0.0503. The molecule has 0 spiro atoms.